The normalized spacial score (nSPS) is 10.2. The molecule has 0 bridgehead atoms. The van der Waals surface area contributed by atoms with Crippen LogP contribution in [0.1, 0.15) is 149 Å². The summed E-state index contributed by atoms with van der Waals surface area (Å²) in [7, 11) is 0. The number of Topliss-reactive ketones (excluding diaryl/α,β-unsaturated/α-hetero) is 1. The van der Waals surface area contributed by atoms with Crippen molar-refractivity contribution in [2.45, 2.75) is 155 Å². The van der Waals surface area contributed by atoms with Gasteiger partial charge in [-0.05, 0) is 19.8 Å². The van der Waals surface area contributed by atoms with Crippen molar-refractivity contribution >= 4 is 17.7 Å². The molecule has 0 saturated carbocycles. The van der Waals surface area contributed by atoms with Gasteiger partial charge in [-0.1, -0.05) is 117 Å². The summed E-state index contributed by atoms with van der Waals surface area (Å²) < 4.78 is 0. The van der Waals surface area contributed by atoms with Gasteiger partial charge in [-0.2, -0.15) is 0 Å². The highest BCUT2D eigenvalue weighted by Gasteiger charge is 1.99. The lowest BCUT2D eigenvalue weighted by atomic mass is 10.1. The van der Waals surface area contributed by atoms with Crippen LogP contribution in [0.25, 0.3) is 0 Å². The first-order valence-electron chi connectivity index (χ1n) is 13.5. The van der Waals surface area contributed by atoms with Crippen molar-refractivity contribution in [1.29, 1.82) is 0 Å². The van der Waals surface area contributed by atoms with Gasteiger partial charge in [0.1, 0.15) is 0 Å². The second-order valence-electron chi connectivity index (χ2n) is 8.93. The summed E-state index contributed by atoms with van der Waals surface area (Å²) in [5, 5.41) is 32.5. The number of hydrogen-bond donors (Lipinski definition) is 4. The maximum Gasteiger partial charge on any atom is 0.303 e. The smallest absolute Gasteiger partial charge is 0.303 e. The molecule has 0 fully saturated rings. The van der Waals surface area contributed by atoms with Crippen LogP contribution in [-0.2, 0) is 14.4 Å². The van der Waals surface area contributed by atoms with E-state index in [9.17, 15) is 14.4 Å². The van der Waals surface area contributed by atoms with Gasteiger partial charge in [-0.15, -0.1) is 0 Å². The molecule has 0 aliphatic carbocycles. The molecule has 0 aliphatic heterocycles. The van der Waals surface area contributed by atoms with Crippen LogP contribution in [0.2, 0.25) is 0 Å². The van der Waals surface area contributed by atoms with E-state index < -0.39 is 24.0 Å². The maximum atomic E-state index is 10.2. The summed E-state index contributed by atoms with van der Waals surface area (Å²) in [6.45, 7) is 5.56. The van der Waals surface area contributed by atoms with Gasteiger partial charge < -0.3 is 20.4 Å². The third-order valence-corrected chi connectivity index (χ3v) is 5.35. The van der Waals surface area contributed by atoms with E-state index in [1.807, 2.05) is 0 Å². The Morgan fingerprint density at radius 3 is 0.882 bits per heavy atom. The van der Waals surface area contributed by atoms with Crippen molar-refractivity contribution < 1.29 is 34.8 Å². The van der Waals surface area contributed by atoms with Crippen LogP contribution in [-0.4, -0.2) is 44.4 Å². The van der Waals surface area contributed by atoms with Crippen LogP contribution in [0.4, 0.5) is 0 Å². The highest BCUT2D eigenvalue weighted by Crippen LogP contribution is 2.11. The number of carbonyl (C=O) groups excluding carboxylic acids is 1. The van der Waals surface area contributed by atoms with E-state index >= 15 is 0 Å². The zero-order chi connectivity index (χ0) is 26.5. The third-order valence-electron chi connectivity index (χ3n) is 5.35. The second kappa shape index (κ2) is 31.5. The summed E-state index contributed by atoms with van der Waals surface area (Å²) in [6, 6.07) is 0. The first kappa shape index (κ1) is 37.1. The van der Waals surface area contributed by atoms with E-state index in [-0.39, 0.29) is 0 Å². The van der Waals surface area contributed by atoms with Crippen molar-refractivity contribution in [2.75, 3.05) is 0 Å². The van der Waals surface area contributed by atoms with Crippen molar-refractivity contribution in [3.8, 4) is 0 Å². The van der Waals surface area contributed by atoms with E-state index in [1.165, 1.54) is 89.9 Å². The molecule has 7 nitrogen and oxygen atoms in total. The number of carboxylic acids is 2. The Hall–Kier alpha value is -1.47. The molecule has 0 aromatic rings. The zero-order valence-corrected chi connectivity index (χ0v) is 22.2. The number of rotatable bonds is 21. The molecular formula is C27H54O7. The Labute approximate surface area is 208 Å². The summed E-state index contributed by atoms with van der Waals surface area (Å²) in [4.78, 5) is 30.1. The fraction of sp³-hybridized carbons (Fsp3) is 0.889. The standard InChI is InChI=1S/2C12H24O2.C3H6O3/c2*1-2-3-4-5-6-7-8-9-10-11-12(13)14;1-2(4)3(5)6/h2*2-11H2,1H3,(H,13,14);3,5-6H,1H3. The molecule has 0 amide bonds. The Balaban J connectivity index is -0.000000458. The Bertz CT molecular complexity index is 418. The van der Waals surface area contributed by atoms with E-state index in [4.69, 9.17) is 20.4 Å². The van der Waals surface area contributed by atoms with Gasteiger partial charge in [-0.3, -0.25) is 14.4 Å². The summed E-state index contributed by atoms with van der Waals surface area (Å²) in [5.41, 5.74) is 0. The predicted molar refractivity (Wildman–Crippen MR) is 138 cm³/mol. The number of ketones is 1. The minimum Gasteiger partial charge on any atom is -0.481 e. The van der Waals surface area contributed by atoms with Crippen LogP contribution in [0.3, 0.4) is 0 Å². The SMILES string of the molecule is CC(=O)C(O)O.CCCCCCCCCCCC(=O)O.CCCCCCCCCCCC(=O)O. The lowest BCUT2D eigenvalue weighted by molar-refractivity contribution is -0.142. The molecule has 204 valence electrons. The minimum absolute atomic E-state index is 0.343. The molecule has 34 heavy (non-hydrogen) atoms. The monoisotopic (exact) mass is 490 g/mol. The highest BCUT2D eigenvalue weighted by molar-refractivity contribution is 5.78. The molecule has 0 radical (unpaired) electrons. The molecule has 0 spiro atoms. The molecular weight excluding hydrogens is 436 g/mol. The molecule has 7 heteroatoms. The zero-order valence-electron chi connectivity index (χ0n) is 22.2. The van der Waals surface area contributed by atoms with Gasteiger partial charge in [-0.25, -0.2) is 0 Å². The van der Waals surface area contributed by atoms with Gasteiger partial charge in [0.05, 0.1) is 0 Å². The molecule has 0 rings (SSSR count). The number of aliphatic hydroxyl groups excluding tert-OH is 1. The van der Waals surface area contributed by atoms with Crippen molar-refractivity contribution in [2.24, 2.45) is 0 Å². The first-order chi connectivity index (χ1) is 16.2. The average Bonchev–Trinajstić information content (AvgIpc) is 2.77. The molecule has 0 heterocycles. The number of aliphatic hydroxyl groups is 2. The fourth-order valence-electron chi connectivity index (χ4n) is 3.17. The van der Waals surface area contributed by atoms with Crippen LogP contribution < -0.4 is 0 Å². The van der Waals surface area contributed by atoms with Crippen LogP contribution in [0.15, 0.2) is 0 Å². The van der Waals surface area contributed by atoms with Crippen LogP contribution in [0, 0.1) is 0 Å². The Kier molecular flexibility index (Phi) is 34.4. The molecule has 0 unspecified atom stereocenters. The first-order valence-corrected chi connectivity index (χ1v) is 13.5. The second-order valence-corrected chi connectivity index (χ2v) is 8.93. The summed E-state index contributed by atoms with van der Waals surface area (Å²) in [6.07, 6.45) is 21.2. The molecule has 0 atom stereocenters. The average molecular weight is 491 g/mol. The number of aliphatic carboxylic acids is 2. The molecule has 0 saturated heterocycles. The lowest BCUT2D eigenvalue weighted by Crippen LogP contribution is -2.14. The van der Waals surface area contributed by atoms with E-state index in [1.54, 1.807) is 0 Å². The van der Waals surface area contributed by atoms with Gasteiger partial charge >= 0.3 is 11.9 Å². The van der Waals surface area contributed by atoms with Crippen molar-refractivity contribution in [3.63, 3.8) is 0 Å². The maximum absolute atomic E-state index is 10.2. The number of carbonyl (C=O) groups is 3. The molecule has 0 aromatic carbocycles. The van der Waals surface area contributed by atoms with Gasteiger partial charge in [0.15, 0.2) is 5.78 Å². The van der Waals surface area contributed by atoms with E-state index in [0.29, 0.717) is 12.8 Å². The van der Waals surface area contributed by atoms with Crippen LogP contribution >= 0.6 is 0 Å². The van der Waals surface area contributed by atoms with E-state index in [2.05, 4.69) is 13.8 Å². The van der Waals surface area contributed by atoms with Crippen molar-refractivity contribution in [1.82, 2.24) is 0 Å². The molecule has 4 N–H and O–H groups in total. The van der Waals surface area contributed by atoms with Crippen molar-refractivity contribution in [3.05, 3.63) is 0 Å². The summed E-state index contributed by atoms with van der Waals surface area (Å²) in [5.74, 6) is -1.95. The quantitative estimate of drug-likeness (QED) is 0.102. The van der Waals surface area contributed by atoms with Gasteiger partial charge in [0.2, 0.25) is 6.29 Å². The summed E-state index contributed by atoms with van der Waals surface area (Å²) >= 11 is 0. The number of hydrogen-bond acceptors (Lipinski definition) is 5. The van der Waals surface area contributed by atoms with Crippen LogP contribution in [0.5, 0.6) is 0 Å². The fourth-order valence-corrected chi connectivity index (χ4v) is 3.17. The van der Waals surface area contributed by atoms with Gasteiger partial charge in [0, 0.05) is 12.8 Å². The largest absolute Gasteiger partial charge is 0.481 e. The van der Waals surface area contributed by atoms with E-state index in [0.717, 1.165) is 32.6 Å². The lowest BCUT2D eigenvalue weighted by Gasteiger charge is -2.00. The topological polar surface area (TPSA) is 132 Å². The third kappa shape index (κ3) is 44.2. The Morgan fingerprint density at radius 2 is 0.706 bits per heavy atom. The van der Waals surface area contributed by atoms with Gasteiger partial charge in [0.25, 0.3) is 0 Å². The highest BCUT2D eigenvalue weighted by atomic mass is 16.5. The Morgan fingerprint density at radius 1 is 0.500 bits per heavy atom. The predicted octanol–water partition coefficient (Wildman–Crippen LogP) is 6.87. The number of unbranched alkanes of at least 4 members (excludes halogenated alkanes) is 16. The number of carboxylic acid groups (broad SMARTS) is 2. The molecule has 0 aliphatic rings. The molecule has 0 aromatic heterocycles. The minimum atomic E-state index is -1.79.